The van der Waals surface area contributed by atoms with Crippen LogP contribution in [0, 0.1) is 33.5 Å². The molecule has 0 heteroatoms. The van der Waals surface area contributed by atoms with Crippen LogP contribution in [0.1, 0.15) is 68.2 Å². The van der Waals surface area contributed by atoms with Crippen molar-refractivity contribution in [2.45, 2.75) is 68.2 Å². The lowest BCUT2D eigenvalue weighted by molar-refractivity contribution is 0.0216. The zero-order valence-electron chi connectivity index (χ0n) is 15.0. The maximum Gasteiger partial charge on any atom is 0.00307 e. The van der Waals surface area contributed by atoms with Crippen molar-refractivity contribution in [1.82, 2.24) is 0 Å². The summed E-state index contributed by atoms with van der Waals surface area (Å²) >= 11 is 0. The quantitative estimate of drug-likeness (QED) is 0.523. The van der Waals surface area contributed by atoms with Gasteiger partial charge in [0.15, 0.2) is 0 Å². The molecule has 6 atom stereocenters. The first-order chi connectivity index (χ1) is 8.89. The van der Waals surface area contributed by atoms with Crippen LogP contribution in [0.5, 0.6) is 0 Å². The summed E-state index contributed by atoms with van der Waals surface area (Å²) < 4.78 is 0. The second kappa shape index (κ2) is 4.02. The molecule has 0 saturated heterocycles. The van der Waals surface area contributed by atoms with E-state index in [1.54, 1.807) is 0 Å². The van der Waals surface area contributed by atoms with Crippen LogP contribution < -0.4 is 0 Å². The molecule has 2 rings (SSSR count). The Hall–Kier alpha value is -0.520. The van der Waals surface area contributed by atoms with Crippen LogP contribution in [-0.4, -0.2) is 0 Å². The number of hydrogen-bond donors (Lipinski definition) is 0. The van der Waals surface area contributed by atoms with Gasteiger partial charge in [0.05, 0.1) is 0 Å². The third kappa shape index (κ3) is 1.30. The van der Waals surface area contributed by atoms with Gasteiger partial charge in [0.2, 0.25) is 0 Å². The average molecular weight is 274 g/mol. The predicted octanol–water partition coefficient (Wildman–Crippen LogP) is 6.24. The highest BCUT2D eigenvalue weighted by Gasteiger charge is 2.74. The molecule has 2 saturated carbocycles. The Kier molecular flexibility index (Phi) is 3.19. The van der Waals surface area contributed by atoms with Crippen molar-refractivity contribution in [2.75, 3.05) is 0 Å². The highest BCUT2D eigenvalue weighted by atomic mass is 14.8. The van der Waals surface area contributed by atoms with Crippen LogP contribution in [-0.2, 0) is 0 Å². The second-order valence-electron chi connectivity index (χ2n) is 8.86. The van der Waals surface area contributed by atoms with Gasteiger partial charge in [-0.2, -0.15) is 0 Å². The normalized spacial score (nSPS) is 54.8. The standard InChI is InChI=1S/C20H34/c1-13(2)19(9)17(7)12-18(8,16(6)11-15(17)5)20(19,10)14(3)4/h15-16H,1,3,11-12H2,2,4-10H3. The fourth-order valence-corrected chi connectivity index (χ4v) is 6.47. The van der Waals surface area contributed by atoms with Crippen molar-refractivity contribution >= 4 is 0 Å². The molecule has 2 fully saturated rings. The van der Waals surface area contributed by atoms with Gasteiger partial charge in [0, 0.05) is 10.8 Å². The van der Waals surface area contributed by atoms with Crippen molar-refractivity contribution in [3.05, 3.63) is 24.3 Å². The average Bonchev–Trinajstić information content (AvgIpc) is 2.46. The number of rotatable bonds is 2. The molecule has 0 aromatic rings. The SMILES string of the molecule is C=C(C)C1(C)C2(C)CC(C)(C(C)CC2C)C1(C)C(=C)C. The van der Waals surface area contributed by atoms with E-state index in [4.69, 9.17) is 0 Å². The lowest BCUT2D eigenvalue weighted by Gasteiger charge is -2.54. The van der Waals surface area contributed by atoms with Crippen LogP contribution in [0.2, 0.25) is 0 Å². The smallest absolute Gasteiger partial charge is 0.00307 e. The summed E-state index contributed by atoms with van der Waals surface area (Å²) in [7, 11) is 0. The third-order valence-corrected chi connectivity index (χ3v) is 8.61. The predicted molar refractivity (Wildman–Crippen MR) is 89.6 cm³/mol. The van der Waals surface area contributed by atoms with E-state index in [1.165, 1.54) is 24.0 Å². The van der Waals surface area contributed by atoms with Gasteiger partial charge in [-0.05, 0) is 49.4 Å². The fourth-order valence-electron chi connectivity index (χ4n) is 6.47. The van der Waals surface area contributed by atoms with Gasteiger partial charge in [0.25, 0.3) is 0 Å². The second-order valence-corrected chi connectivity index (χ2v) is 8.86. The molecule has 0 nitrogen and oxygen atoms in total. The third-order valence-electron chi connectivity index (χ3n) is 8.61. The minimum Gasteiger partial charge on any atom is -0.0995 e. The van der Waals surface area contributed by atoms with Crippen molar-refractivity contribution in [3.63, 3.8) is 0 Å². The zero-order chi connectivity index (χ0) is 15.7. The lowest BCUT2D eigenvalue weighted by atomic mass is 9.49. The molecular formula is C20H34. The Balaban J connectivity index is 2.84. The van der Waals surface area contributed by atoms with E-state index in [0.29, 0.717) is 10.8 Å². The summed E-state index contributed by atoms with van der Waals surface area (Å²) in [5.41, 5.74) is 3.60. The van der Waals surface area contributed by atoms with Crippen LogP contribution in [0.15, 0.2) is 24.3 Å². The largest absolute Gasteiger partial charge is 0.0995 e. The topological polar surface area (TPSA) is 0 Å². The zero-order valence-corrected chi connectivity index (χ0v) is 15.0. The summed E-state index contributed by atoms with van der Waals surface area (Å²) in [6.07, 6.45) is 2.63. The van der Waals surface area contributed by atoms with E-state index < -0.39 is 0 Å². The molecule has 0 aliphatic heterocycles. The highest BCUT2D eigenvalue weighted by molar-refractivity contribution is 5.37. The number of hydrogen-bond acceptors (Lipinski definition) is 0. The molecule has 0 spiro atoms. The Bertz CT molecular complexity index is 430. The van der Waals surface area contributed by atoms with E-state index in [1.807, 2.05) is 0 Å². The molecule has 2 aliphatic carbocycles. The van der Waals surface area contributed by atoms with Gasteiger partial charge in [-0.3, -0.25) is 0 Å². The molecule has 20 heavy (non-hydrogen) atoms. The molecule has 0 N–H and O–H groups in total. The van der Waals surface area contributed by atoms with Crippen LogP contribution >= 0.6 is 0 Å². The van der Waals surface area contributed by atoms with E-state index in [2.05, 4.69) is 68.5 Å². The van der Waals surface area contributed by atoms with Gasteiger partial charge in [-0.1, -0.05) is 65.8 Å². The monoisotopic (exact) mass is 274 g/mol. The maximum atomic E-state index is 4.44. The van der Waals surface area contributed by atoms with Gasteiger partial charge in [0.1, 0.15) is 0 Å². The first-order valence-electron chi connectivity index (χ1n) is 8.21. The highest BCUT2D eigenvalue weighted by Crippen LogP contribution is 2.81. The molecular weight excluding hydrogens is 240 g/mol. The van der Waals surface area contributed by atoms with Crippen LogP contribution in [0.4, 0.5) is 0 Å². The summed E-state index contributed by atoms with van der Waals surface area (Å²) in [6.45, 7) is 28.3. The fraction of sp³-hybridized carbons (Fsp3) is 0.800. The summed E-state index contributed by atoms with van der Waals surface area (Å²) in [5, 5.41) is 0. The van der Waals surface area contributed by atoms with E-state index in [0.717, 1.165) is 11.8 Å². The maximum absolute atomic E-state index is 4.44. The van der Waals surface area contributed by atoms with Gasteiger partial charge in [-0.15, -0.1) is 0 Å². The molecule has 114 valence electrons. The molecule has 6 unspecified atom stereocenters. The first kappa shape index (κ1) is 15.9. The lowest BCUT2D eigenvalue weighted by Crippen LogP contribution is -2.48. The van der Waals surface area contributed by atoms with Crippen LogP contribution in [0.25, 0.3) is 0 Å². The van der Waals surface area contributed by atoms with Crippen molar-refractivity contribution < 1.29 is 0 Å². The Morgan fingerprint density at radius 3 is 1.35 bits per heavy atom. The van der Waals surface area contributed by atoms with E-state index in [-0.39, 0.29) is 10.8 Å². The molecule has 2 aliphatic rings. The molecule has 0 aromatic heterocycles. The molecule has 0 amide bonds. The minimum absolute atomic E-state index is 0.130. The van der Waals surface area contributed by atoms with Crippen LogP contribution in [0.3, 0.4) is 0 Å². The Morgan fingerprint density at radius 1 is 0.800 bits per heavy atom. The summed E-state index contributed by atoms with van der Waals surface area (Å²) in [4.78, 5) is 0. The Morgan fingerprint density at radius 2 is 1.10 bits per heavy atom. The van der Waals surface area contributed by atoms with E-state index >= 15 is 0 Å². The summed E-state index contributed by atoms with van der Waals surface area (Å²) in [6, 6.07) is 0. The van der Waals surface area contributed by atoms with E-state index in [9.17, 15) is 0 Å². The number of fused-ring (bicyclic) bond motifs is 2. The van der Waals surface area contributed by atoms with Gasteiger partial charge >= 0.3 is 0 Å². The van der Waals surface area contributed by atoms with Crippen molar-refractivity contribution in [3.8, 4) is 0 Å². The molecule has 2 bridgehead atoms. The Labute approximate surface area is 126 Å². The summed E-state index contributed by atoms with van der Waals surface area (Å²) in [5.74, 6) is 1.49. The molecule has 0 aromatic carbocycles. The van der Waals surface area contributed by atoms with Crippen molar-refractivity contribution in [1.29, 1.82) is 0 Å². The van der Waals surface area contributed by atoms with Gasteiger partial charge in [-0.25, -0.2) is 0 Å². The minimum atomic E-state index is 0.130. The molecule has 0 radical (unpaired) electrons. The van der Waals surface area contributed by atoms with Gasteiger partial charge < -0.3 is 0 Å². The number of allylic oxidation sites excluding steroid dienone is 2. The first-order valence-corrected chi connectivity index (χ1v) is 8.21. The molecule has 0 heterocycles. The van der Waals surface area contributed by atoms with Crippen molar-refractivity contribution in [2.24, 2.45) is 33.5 Å².